The Labute approximate surface area is 146 Å². The number of amides is 1. The van der Waals surface area contributed by atoms with Crippen molar-refractivity contribution in [3.63, 3.8) is 0 Å². The summed E-state index contributed by atoms with van der Waals surface area (Å²) >= 11 is 0. The fraction of sp³-hybridized carbons (Fsp3) is 0.421. The summed E-state index contributed by atoms with van der Waals surface area (Å²) in [6, 6.07) is 13.6. The van der Waals surface area contributed by atoms with Crippen LogP contribution in [0.5, 0.6) is 0 Å². The first-order valence-electron chi connectivity index (χ1n) is 8.56. The van der Waals surface area contributed by atoms with Crippen LogP contribution in [-0.2, 0) is 20.8 Å². The highest BCUT2D eigenvalue weighted by Crippen LogP contribution is 2.27. The summed E-state index contributed by atoms with van der Waals surface area (Å²) < 4.78 is 17.3. The number of nitrogens with zero attached hydrogens (tertiary/aromatic N) is 2. The molecule has 2 aromatic rings. The van der Waals surface area contributed by atoms with E-state index < -0.39 is 5.60 Å². The number of ether oxygens (including phenoxy) is 2. The first-order chi connectivity index (χ1) is 12.2. The van der Waals surface area contributed by atoms with E-state index in [4.69, 9.17) is 13.9 Å². The van der Waals surface area contributed by atoms with Crippen LogP contribution < -0.4 is 4.90 Å². The molecule has 1 aromatic carbocycles. The second kappa shape index (κ2) is 7.00. The molecule has 3 heterocycles. The maximum Gasteiger partial charge on any atom is 0.253 e. The quantitative estimate of drug-likeness (QED) is 0.853. The molecule has 1 unspecified atom stereocenters. The van der Waals surface area contributed by atoms with Gasteiger partial charge in [0, 0.05) is 18.8 Å². The smallest absolute Gasteiger partial charge is 0.253 e. The molecule has 0 bridgehead atoms. The molecule has 132 valence electrons. The second-order valence-electron chi connectivity index (χ2n) is 6.63. The van der Waals surface area contributed by atoms with E-state index in [-0.39, 0.29) is 12.5 Å². The normalized spacial score (nSPS) is 25.3. The van der Waals surface area contributed by atoms with Gasteiger partial charge < -0.3 is 18.8 Å². The van der Waals surface area contributed by atoms with Crippen molar-refractivity contribution in [2.24, 2.45) is 0 Å². The monoisotopic (exact) mass is 342 g/mol. The van der Waals surface area contributed by atoms with Gasteiger partial charge in [0.25, 0.3) is 5.91 Å². The Morgan fingerprint density at radius 3 is 2.76 bits per heavy atom. The largest absolute Gasteiger partial charge is 0.468 e. The van der Waals surface area contributed by atoms with Crippen LogP contribution in [0.3, 0.4) is 0 Å². The first kappa shape index (κ1) is 16.3. The van der Waals surface area contributed by atoms with Gasteiger partial charge in [0.15, 0.2) is 0 Å². The molecule has 0 saturated carbocycles. The molecule has 25 heavy (non-hydrogen) atoms. The molecule has 4 rings (SSSR count). The molecule has 0 radical (unpaired) electrons. The van der Waals surface area contributed by atoms with E-state index in [1.807, 2.05) is 47.4 Å². The highest BCUT2D eigenvalue weighted by molar-refractivity contribution is 5.95. The fourth-order valence-corrected chi connectivity index (χ4v) is 3.48. The van der Waals surface area contributed by atoms with Crippen molar-refractivity contribution < 1.29 is 18.7 Å². The summed E-state index contributed by atoms with van der Waals surface area (Å²) in [6.07, 6.45) is 1.69. The molecule has 2 saturated heterocycles. The Kier molecular flexibility index (Phi) is 4.57. The number of hydrogen-bond acceptors (Lipinski definition) is 5. The highest BCUT2D eigenvalue weighted by Gasteiger charge is 2.43. The zero-order chi connectivity index (χ0) is 17.1. The van der Waals surface area contributed by atoms with E-state index in [0.29, 0.717) is 32.8 Å². The van der Waals surface area contributed by atoms with Crippen molar-refractivity contribution in [3.8, 4) is 0 Å². The van der Waals surface area contributed by atoms with Crippen LogP contribution in [0.25, 0.3) is 0 Å². The third kappa shape index (κ3) is 3.61. The predicted octanol–water partition coefficient (Wildman–Crippen LogP) is 1.91. The minimum absolute atomic E-state index is 0.0151. The Bertz CT molecular complexity index is 703. The van der Waals surface area contributed by atoms with Gasteiger partial charge in [0.1, 0.15) is 18.0 Å². The van der Waals surface area contributed by atoms with Gasteiger partial charge in [-0.2, -0.15) is 0 Å². The number of benzene rings is 1. The summed E-state index contributed by atoms with van der Waals surface area (Å²) in [5, 5.41) is 0. The van der Waals surface area contributed by atoms with E-state index >= 15 is 0 Å². The molecule has 0 aliphatic carbocycles. The van der Waals surface area contributed by atoms with Gasteiger partial charge in [-0.05, 0) is 24.3 Å². The molecule has 6 nitrogen and oxygen atoms in total. The van der Waals surface area contributed by atoms with Crippen molar-refractivity contribution in [2.75, 3.05) is 44.4 Å². The average Bonchev–Trinajstić information content (AvgIpc) is 3.07. The van der Waals surface area contributed by atoms with Crippen LogP contribution in [0.2, 0.25) is 0 Å². The van der Waals surface area contributed by atoms with Crippen LogP contribution >= 0.6 is 0 Å². The lowest BCUT2D eigenvalue weighted by Crippen LogP contribution is -2.60. The lowest BCUT2D eigenvalue weighted by atomic mass is 10.0. The van der Waals surface area contributed by atoms with Crippen LogP contribution in [0.4, 0.5) is 5.69 Å². The van der Waals surface area contributed by atoms with Gasteiger partial charge in [-0.25, -0.2) is 0 Å². The molecule has 2 fully saturated rings. The van der Waals surface area contributed by atoms with Gasteiger partial charge in [0.2, 0.25) is 0 Å². The number of carbonyl (C=O) groups is 1. The maximum atomic E-state index is 12.4. The molecule has 1 spiro atoms. The van der Waals surface area contributed by atoms with E-state index in [1.54, 1.807) is 6.26 Å². The number of rotatable bonds is 3. The number of furan rings is 1. The van der Waals surface area contributed by atoms with Gasteiger partial charge in [-0.3, -0.25) is 9.69 Å². The van der Waals surface area contributed by atoms with Gasteiger partial charge >= 0.3 is 0 Å². The Hall–Kier alpha value is -2.15. The van der Waals surface area contributed by atoms with Crippen molar-refractivity contribution in [1.82, 2.24) is 4.90 Å². The van der Waals surface area contributed by atoms with E-state index in [0.717, 1.165) is 18.0 Å². The molecule has 2 aliphatic heterocycles. The topological polar surface area (TPSA) is 55.2 Å². The number of carbonyl (C=O) groups excluding carboxylic acids is 1. The van der Waals surface area contributed by atoms with Crippen LogP contribution in [0.1, 0.15) is 5.76 Å². The molecule has 0 N–H and O–H groups in total. The van der Waals surface area contributed by atoms with Crippen molar-refractivity contribution in [2.45, 2.75) is 12.1 Å². The lowest BCUT2D eigenvalue weighted by Gasteiger charge is -2.43. The van der Waals surface area contributed by atoms with Crippen molar-refractivity contribution in [3.05, 3.63) is 54.5 Å². The maximum absolute atomic E-state index is 12.4. The van der Waals surface area contributed by atoms with Crippen LogP contribution in [0.15, 0.2) is 53.1 Å². The van der Waals surface area contributed by atoms with E-state index in [9.17, 15) is 4.79 Å². The molecule has 1 aromatic heterocycles. The molecular formula is C19H22N2O4. The van der Waals surface area contributed by atoms with Gasteiger partial charge in [-0.1, -0.05) is 18.2 Å². The average molecular weight is 342 g/mol. The summed E-state index contributed by atoms with van der Waals surface area (Å²) in [5.41, 5.74) is 0.379. The lowest BCUT2D eigenvalue weighted by molar-refractivity contribution is -0.146. The predicted molar refractivity (Wildman–Crippen MR) is 92.3 cm³/mol. The third-order valence-electron chi connectivity index (χ3n) is 4.71. The Balaban J connectivity index is 1.53. The molecule has 6 heteroatoms. The minimum atomic E-state index is -0.521. The first-order valence-corrected chi connectivity index (χ1v) is 8.56. The molecule has 1 amide bonds. The fourth-order valence-electron chi connectivity index (χ4n) is 3.48. The third-order valence-corrected chi connectivity index (χ3v) is 4.71. The number of morpholine rings is 1. The standard InChI is InChI=1S/C19H22N2O4/c22-18-12-25-19(14-21(18)16-5-2-1-3-6-16)13-20(8-10-23-15-19)11-17-7-4-9-24-17/h1-7,9H,8,10-15H2. The van der Waals surface area contributed by atoms with Gasteiger partial charge in [-0.15, -0.1) is 0 Å². The summed E-state index contributed by atoms with van der Waals surface area (Å²) in [7, 11) is 0. The molecule has 1 atom stereocenters. The minimum Gasteiger partial charge on any atom is -0.468 e. The zero-order valence-corrected chi connectivity index (χ0v) is 14.1. The molecular weight excluding hydrogens is 320 g/mol. The van der Waals surface area contributed by atoms with Crippen molar-refractivity contribution in [1.29, 1.82) is 0 Å². The van der Waals surface area contributed by atoms with E-state index in [1.165, 1.54) is 0 Å². The van der Waals surface area contributed by atoms with Crippen molar-refractivity contribution >= 4 is 11.6 Å². The second-order valence-corrected chi connectivity index (χ2v) is 6.63. The Morgan fingerprint density at radius 1 is 1.08 bits per heavy atom. The van der Waals surface area contributed by atoms with Gasteiger partial charge in [0.05, 0.1) is 32.6 Å². The SMILES string of the molecule is O=C1COC2(COCCN(Cc3ccco3)C2)CN1c1ccccc1. The molecule has 2 aliphatic rings. The van der Waals surface area contributed by atoms with Crippen LogP contribution in [-0.4, -0.2) is 55.9 Å². The Morgan fingerprint density at radius 2 is 1.96 bits per heavy atom. The van der Waals surface area contributed by atoms with Crippen LogP contribution in [0, 0.1) is 0 Å². The zero-order valence-electron chi connectivity index (χ0n) is 14.1. The highest BCUT2D eigenvalue weighted by atomic mass is 16.6. The summed E-state index contributed by atoms with van der Waals surface area (Å²) in [6.45, 7) is 3.91. The number of para-hydroxylation sites is 1. The number of hydrogen-bond donors (Lipinski definition) is 0. The summed E-state index contributed by atoms with van der Waals surface area (Å²) in [4.78, 5) is 16.5. The number of anilines is 1. The summed E-state index contributed by atoms with van der Waals surface area (Å²) in [5.74, 6) is 0.905. The van der Waals surface area contributed by atoms with E-state index in [2.05, 4.69) is 4.90 Å².